The van der Waals surface area contributed by atoms with Gasteiger partial charge in [0.2, 0.25) is 0 Å². The van der Waals surface area contributed by atoms with E-state index < -0.39 is 17.6 Å². The third-order valence-corrected chi connectivity index (χ3v) is 5.91. The van der Waals surface area contributed by atoms with Gasteiger partial charge in [-0.05, 0) is 35.7 Å². The number of esters is 1. The van der Waals surface area contributed by atoms with Crippen molar-refractivity contribution in [2.24, 2.45) is 0 Å². The number of thiophene rings is 1. The van der Waals surface area contributed by atoms with Gasteiger partial charge in [0.05, 0.1) is 5.69 Å². The first-order chi connectivity index (χ1) is 14.5. The number of piperazine rings is 1. The lowest BCUT2D eigenvalue weighted by Crippen LogP contribution is -2.48. The maximum absolute atomic E-state index is 13.1. The van der Waals surface area contributed by atoms with E-state index in [0.29, 0.717) is 55.6 Å². The molecule has 2 aliphatic rings. The molecule has 0 saturated carbocycles. The van der Waals surface area contributed by atoms with Gasteiger partial charge >= 0.3 is 5.97 Å². The van der Waals surface area contributed by atoms with Crippen LogP contribution in [0.15, 0.2) is 53.6 Å². The van der Waals surface area contributed by atoms with Gasteiger partial charge in [0, 0.05) is 38.8 Å². The average Bonchev–Trinajstić information content (AvgIpc) is 3.38. The first-order valence-corrected chi connectivity index (χ1v) is 10.4. The molecule has 0 unspecified atom stereocenters. The summed E-state index contributed by atoms with van der Waals surface area (Å²) < 4.78 is 18.4. The van der Waals surface area contributed by atoms with Crippen LogP contribution in [0.2, 0.25) is 0 Å². The van der Waals surface area contributed by atoms with Crippen LogP contribution < -0.4 is 4.90 Å². The number of amides is 2. The lowest BCUT2D eigenvalue weighted by molar-refractivity contribution is -0.121. The van der Waals surface area contributed by atoms with Crippen molar-refractivity contribution in [3.05, 3.63) is 64.2 Å². The minimum atomic E-state index is -0.428. The van der Waals surface area contributed by atoms with Crippen molar-refractivity contribution >= 4 is 34.8 Å². The van der Waals surface area contributed by atoms with Crippen LogP contribution >= 0.6 is 11.3 Å². The highest BCUT2D eigenvalue weighted by atomic mass is 32.1. The Morgan fingerprint density at radius 2 is 1.80 bits per heavy atom. The van der Waals surface area contributed by atoms with E-state index in [-0.39, 0.29) is 5.97 Å². The fourth-order valence-electron chi connectivity index (χ4n) is 3.46. The largest absolute Gasteiger partial charge is 0.460 e. The Kier molecular flexibility index (Phi) is 5.91. The molecule has 2 aromatic rings. The SMILES string of the molecule is O=C(OCCN1CCN(C2=CC(=O)N(c3ccc(F)cc3)C2=O)CC1)c1cccs1. The molecule has 0 bridgehead atoms. The molecular weight excluding hydrogens is 409 g/mol. The molecule has 30 heavy (non-hydrogen) atoms. The van der Waals surface area contributed by atoms with Crippen LogP contribution in [0.1, 0.15) is 9.67 Å². The lowest BCUT2D eigenvalue weighted by Gasteiger charge is -2.36. The van der Waals surface area contributed by atoms with Gasteiger partial charge < -0.3 is 9.64 Å². The molecule has 1 saturated heterocycles. The van der Waals surface area contributed by atoms with E-state index in [9.17, 15) is 18.8 Å². The molecule has 0 atom stereocenters. The number of hydrogen-bond donors (Lipinski definition) is 0. The molecule has 0 radical (unpaired) electrons. The van der Waals surface area contributed by atoms with Gasteiger partial charge in [-0.1, -0.05) is 6.07 Å². The van der Waals surface area contributed by atoms with Crippen LogP contribution in [0.3, 0.4) is 0 Å². The topological polar surface area (TPSA) is 70.2 Å². The number of imide groups is 1. The number of ether oxygens (including phenoxy) is 1. The van der Waals surface area contributed by atoms with Crippen LogP contribution in [0, 0.1) is 5.82 Å². The van der Waals surface area contributed by atoms with Crippen LogP contribution in [0.5, 0.6) is 0 Å². The van der Waals surface area contributed by atoms with Crippen molar-refractivity contribution in [1.29, 1.82) is 0 Å². The van der Waals surface area contributed by atoms with Crippen LogP contribution in [0.4, 0.5) is 10.1 Å². The smallest absolute Gasteiger partial charge is 0.348 e. The molecule has 0 N–H and O–H groups in total. The summed E-state index contributed by atoms with van der Waals surface area (Å²) in [7, 11) is 0. The monoisotopic (exact) mass is 429 g/mol. The first kappa shape index (κ1) is 20.2. The summed E-state index contributed by atoms with van der Waals surface area (Å²) in [6.07, 6.45) is 1.34. The van der Waals surface area contributed by atoms with E-state index in [4.69, 9.17) is 4.74 Å². The highest BCUT2D eigenvalue weighted by molar-refractivity contribution is 7.11. The molecule has 2 amide bonds. The molecule has 4 rings (SSSR count). The zero-order valence-electron chi connectivity index (χ0n) is 16.1. The highest BCUT2D eigenvalue weighted by Crippen LogP contribution is 2.25. The van der Waals surface area contributed by atoms with Crippen LogP contribution in [-0.2, 0) is 14.3 Å². The second-order valence-corrected chi connectivity index (χ2v) is 7.87. The summed E-state index contributed by atoms with van der Waals surface area (Å²) in [4.78, 5) is 42.7. The Morgan fingerprint density at radius 1 is 1.07 bits per heavy atom. The number of anilines is 1. The minimum absolute atomic E-state index is 0.301. The van der Waals surface area contributed by atoms with E-state index in [0.717, 1.165) is 4.90 Å². The molecule has 0 spiro atoms. The standard InChI is InChI=1S/C21H20FN3O4S/c22-15-3-5-16(6-4-15)25-19(26)14-17(20(25)27)24-9-7-23(8-10-24)11-12-29-21(28)18-2-1-13-30-18/h1-6,13-14H,7-12H2. The van der Waals surface area contributed by atoms with Crippen molar-refractivity contribution in [3.63, 3.8) is 0 Å². The summed E-state index contributed by atoms with van der Waals surface area (Å²) in [6.45, 7) is 3.45. The molecular formula is C21H20FN3O4S. The summed E-state index contributed by atoms with van der Waals surface area (Å²) in [5.74, 6) is -1.57. The number of carbonyl (C=O) groups excluding carboxylic acids is 3. The van der Waals surface area contributed by atoms with Gasteiger partial charge in [-0.2, -0.15) is 0 Å². The molecule has 1 aromatic carbocycles. The Bertz CT molecular complexity index is 967. The second kappa shape index (κ2) is 8.76. The lowest BCUT2D eigenvalue weighted by atomic mass is 10.2. The van der Waals surface area contributed by atoms with Gasteiger partial charge in [-0.3, -0.25) is 14.5 Å². The van der Waals surface area contributed by atoms with E-state index in [1.165, 1.54) is 41.7 Å². The van der Waals surface area contributed by atoms with Crippen LogP contribution in [-0.4, -0.2) is 66.9 Å². The molecule has 3 heterocycles. The Labute approximate surface area is 176 Å². The molecule has 1 fully saturated rings. The fraction of sp³-hybridized carbons (Fsp3) is 0.286. The maximum Gasteiger partial charge on any atom is 0.348 e. The molecule has 156 valence electrons. The number of benzene rings is 1. The number of halogens is 1. The number of rotatable bonds is 6. The molecule has 1 aromatic heterocycles. The van der Waals surface area contributed by atoms with Gasteiger partial charge in [-0.25, -0.2) is 14.1 Å². The number of nitrogens with zero attached hydrogens (tertiary/aromatic N) is 3. The van der Waals surface area contributed by atoms with Crippen molar-refractivity contribution in [2.75, 3.05) is 44.2 Å². The van der Waals surface area contributed by atoms with E-state index in [2.05, 4.69) is 4.90 Å². The number of hydrogen-bond acceptors (Lipinski definition) is 7. The third kappa shape index (κ3) is 4.27. The zero-order valence-corrected chi connectivity index (χ0v) is 16.9. The first-order valence-electron chi connectivity index (χ1n) is 9.56. The van der Waals surface area contributed by atoms with E-state index >= 15 is 0 Å². The Morgan fingerprint density at radius 3 is 2.47 bits per heavy atom. The molecule has 2 aliphatic heterocycles. The van der Waals surface area contributed by atoms with Crippen molar-refractivity contribution in [3.8, 4) is 0 Å². The average molecular weight is 429 g/mol. The van der Waals surface area contributed by atoms with Crippen molar-refractivity contribution < 1.29 is 23.5 Å². The normalized spacial score (nSPS) is 17.4. The highest BCUT2D eigenvalue weighted by Gasteiger charge is 2.36. The quantitative estimate of drug-likeness (QED) is 0.518. The maximum atomic E-state index is 13.1. The molecule has 0 aliphatic carbocycles. The van der Waals surface area contributed by atoms with E-state index in [1.54, 1.807) is 12.1 Å². The van der Waals surface area contributed by atoms with Crippen LogP contribution in [0.25, 0.3) is 0 Å². The molecule has 9 heteroatoms. The molecule has 7 nitrogen and oxygen atoms in total. The van der Waals surface area contributed by atoms with Gasteiger partial charge in [0.15, 0.2) is 0 Å². The van der Waals surface area contributed by atoms with Crippen molar-refractivity contribution in [1.82, 2.24) is 9.80 Å². The Balaban J connectivity index is 1.27. The predicted octanol–water partition coefficient (Wildman–Crippen LogP) is 2.12. The minimum Gasteiger partial charge on any atom is -0.460 e. The summed E-state index contributed by atoms with van der Waals surface area (Å²) in [5, 5.41) is 1.83. The zero-order chi connectivity index (χ0) is 21.1. The Hall–Kier alpha value is -3.04. The second-order valence-electron chi connectivity index (χ2n) is 6.93. The summed E-state index contributed by atoms with van der Waals surface area (Å²) >= 11 is 1.35. The van der Waals surface area contributed by atoms with Gasteiger partial charge in [0.25, 0.3) is 11.8 Å². The summed E-state index contributed by atoms with van der Waals surface area (Å²) in [6, 6.07) is 8.81. The van der Waals surface area contributed by atoms with E-state index in [1.807, 2.05) is 10.3 Å². The van der Waals surface area contributed by atoms with Gasteiger partial charge in [0.1, 0.15) is 23.0 Å². The fourth-order valence-corrected chi connectivity index (χ4v) is 4.08. The number of carbonyl (C=O) groups is 3. The summed E-state index contributed by atoms with van der Waals surface area (Å²) in [5.41, 5.74) is 0.706. The predicted molar refractivity (Wildman–Crippen MR) is 110 cm³/mol. The third-order valence-electron chi connectivity index (χ3n) is 5.06. The van der Waals surface area contributed by atoms with Crippen molar-refractivity contribution in [2.45, 2.75) is 0 Å². The van der Waals surface area contributed by atoms with Gasteiger partial charge in [-0.15, -0.1) is 11.3 Å².